The number of halogens is 1. The van der Waals surface area contributed by atoms with Crippen molar-refractivity contribution in [2.75, 3.05) is 11.1 Å². The van der Waals surface area contributed by atoms with E-state index >= 15 is 0 Å². The van der Waals surface area contributed by atoms with Crippen molar-refractivity contribution in [3.63, 3.8) is 0 Å². The summed E-state index contributed by atoms with van der Waals surface area (Å²) in [6.07, 6.45) is 3.03. The number of nitrogens with zero attached hydrogens (tertiary/aromatic N) is 3. The first-order valence-corrected chi connectivity index (χ1v) is 10.2. The number of nitrogens with one attached hydrogen (secondary N) is 1. The summed E-state index contributed by atoms with van der Waals surface area (Å²) in [6.45, 7) is 0. The van der Waals surface area contributed by atoms with E-state index in [1.165, 1.54) is 28.8 Å². The molecule has 0 aliphatic heterocycles. The monoisotopic (exact) mass is 388 g/mol. The van der Waals surface area contributed by atoms with E-state index in [2.05, 4.69) is 31.5 Å². The van der Waals surface area contributed by atoms with Gasteiger partial charge < -0.3 is 9.88 Å². The zero-order valence-electron chi connectivity index (χ0n) is 13.9. The van der Waals surface area contributed by atoms with Crippen molar-refractivity contribution >= 4 is 34.7 Å². The zero-order valence-corrected chi connectivity index (χ0v) is 15.5. The Morgan fingerprint density at radius 1 is 1.27 bits per heavy atom. The third-order valence-corrected chi connectivity index (χ3v) is 5.84. The third-order valence-electron chi connectivity index (χ3n) is 4.02. The fraction of sp³-hybridized carbons (Fsp3) is 0.278. The van der Waals surface area contributed by atoms with Gasteiger partial charge in [-0.15, -0.1) is 21.5 Å². The fourth-order valence-corrected chi connectivity index (χ4v) is 4.18. The summed E-state index contributed by atoms with van der Waals surface area (Å²) in [5, 5.41) is 14.3. The van der Waals surface area contributed by atoms with E-state index in [1.54, 1.807) is 23.5 Å². The molecule has 1 N–H and O–H groups in total. The molecule has 134 valence electrons. The van der Waals surface area contributed by atoms with Crippen molar-refractivity contribution in [1.82, 2.24) is 14.8 Å². The van der Waals surface area contributed by atoms with Crippen LogP contribution in [0.4, 0.5) is 10.1 Å². The topological polar surface area (TPSA) is 59.8 Å². The predicted molar refractivity (Wildman–Crippen MR) is 101 cm³/mol. The number of aromatic nitrogens is 3. The lowest BCUT2D eigenvalue weighted by atomic mass is 10.3. The van der Waals surface area contributed by atoms with Gasteiger partial charge in [-0.05, 0) is 48.6 Å². The number of amides is 1. The van der Waals surface area contributed by atoms with Crippen molar-refractivity contribution < 1.29 is 9.18 Å². The maximum atomic E-state index is 12.9. The zero-order chi connectivity index (χ0) is 17.9. The molecule has 0 bridgehead atoms. The van der Waals surface area contributed by atoms with Gasteiger partial charge in [-0.25, -0.2) is 4.39 Å². The molecule has 0 spiro atoms. The van der Waals surface area contributed by atoms with Crippen LogP contribution in [0.3, 0.4) is 0 Å². The lowest BCUT2D eigenvalue weighted by Gasteiger charge is -2.08. The van der Waals surface area contributed by atoms with E-state index in [4.69, 9.17) is 0 Å². The quantitative estimate of drug-likeness (QED) is 0.618. The van der Waals surface area contributed by atoms with E-state index < -0.39 is 0 Å². The highest BCUT2D eigenvalue weighted by molar-refractivity contribution is 7.99. The van der Waals surface area contributed by atoms with E-state index in [-0.39, 0.29) is 17.5 Å². The highest BCUT2D eigenvalue weighted by Crippen LogP contribution is 2.39. The lowest BCUT2D eigenvalue weighted by Crippen LogP contribution is -2.14. The molecule has 1 aliphatic carbocycles. The van der Waals surface area contributed by atoms with E-state index in [9.17, 15) is 9.18 Å². The number of rotatable bonds is 7. The molecule has 1 aromatic carbocycles. The Labute approximate surface area is 158 Å². The number of hydrogen-bond donors (Lipinski definition) is 1. The maximum Gasteiger partial charge on any atom is 0.234 e. The summed E-state index contributed by atoms with van der Waals surface area (Å²) in [7, 11) is 0. The molecule has 0 atom stereocenters. The molecule has 1 saturated carbocycles. The van der Waals surface area contributed by atoms with Crippen LogP contribution in [-0.2, 0) is 11.2 Å². The average molecular weight is 388 g/mol. The predicted octanol–water partition coefficient (Wildman–Crippen LogP) is 4.14. The molecule has 1 fully saturated rings. The number of carbonyl (C=O) groups is 1. The molecule has 2 aromatic heterocycles. The van der Waals surface area contributed by atoms with E-state index in [1.807, 2.05) is 6.07 Å². The second-order valence-corrected chi connectivity index (χ2v) is 8.07. The van der Waals surface area contributed by atoms with Crippen LogP contribution >= 0.6 is 23.1 Å². The Kier molecular flexibility index (Phi) is 5.03. The Morgan fingerprint density at radius 2 is 2.08 bits per heavy atom. The van der Waals surface area contributed by atoms with Gasteiger partial charge in [0.2, 0.25) is 5.91 Å². The SMILES string of the molecule is O=C(CSc1nnc(Cc2cccs2)n1C1CC1)Nc1ccc(F)cc1. The highest BCUT2D eigenvalue weighted by atomic mass is 32.2. The highest BCUT2D eigenvalue weighted by Gasteiger charge is 2.29. The molecule has 5 nitrogen and oxygen atoms in total. The first-order chi connectivity index (χ1) is 12.7. The third kappa shape index (κ3) is 4.13. The number of thioether (sulfide) groups is 1. The summed E-state index contributed by atoms with van der Waals surface area (Å²) in [4.78, 5) is 13.4. The summed E-state index contributed by atoms with van der Waals surface area (Å²) < 4.78 is 15.1. The van der Waals surface area contributed by atoms with Gasteiger partial charge in [0.05, 0.1) is 5.75 Å². The molecule has 0 unspecified atom stereocenters. The van der Waals surface area contributed by atoms with Gasteiger partial charge in [0.1, 0.15) is 11.6 Å². The van der Waals surface area contributed by atoms with Crippen LogP contribution in [0.2, 0.25) is 0 Å². The first-order valence-electron chi connectivity index (χ1n) is 8.33. The van der Waals surface area contributed by atoms with Crippen molar-refractivity contribution in [2.45, 2.75) is 30.5 Å². The van der Waals surface area contributed by atoms with Crippen molar-refractivity contribution in [2.24, 2.45) is 0 Å². The van der Waals surface area contributed by atoms with Gasteiger partial charge in [-0.2, -0.15) is 0 Å². The van der Waals surface area contributed by atoms with Gasteiger partial charge in [0.25, 0.3) is 0 Å². The molecule has 8 heteroatoms. The molecule has 4 rings (SSSR count). The largest absolute Gasteiger partial charge is 0.325 e. The summed E-state index contributed by atoms with van der Waals surface area (Å²) in [5.74, 6) is 0.720. The van der Waals surface area contributed by atoms with Crippen molar-refractivity contribution in [3.05, 3.63) is 58.3 Å². The minimum Gasteiger partial charge on any atom is -0.325 e. The Balaban J connectivity index is 1.40. The van der Waals surface area contributed by atoms with Crippen LogP contribution in [0.5, 0.6) is 0 Å². The van der Waals surface area contributed by atoms with Crippen molar-refractivity contribution in [3.8, 4) is 0 Å². The normalized spacial score (nSPS) is 13.7. The lowest BCUT2D eigenvalue weighted by molar-refractivity contribution is -0.113. The van der Waals surface area contributed by atoms with Crippen LogP contribution < -0.4 is 5.32 Å². The molecule has 2 heterocycles. The second-order valence-electron chi connectivity index (χ2n) is 6.10. The molecule has 26 heavy (non-hydrogen) atoms. The molecular weight excluding hydrogens is 371 g/mol. The molecule has 1 aliphatic rings. The number of hydrogen-bond acceptors (Lipinski definition) is 5. The molecule has 0 saturated heterocycles. The maximum absolute atomic E-state index is 12.9. The van der Waals surface area contributed by atoms with Gasteiger partial charge in [0, 0.05) is 23.0 Å². The second kappa shape index (κ2) is 7.59. The standard InChI is InChI=1S/C18H17FN4OS2/c19-12-3-5-13(6-4-12)20-17(24)11-26-18-22-21-16(23(18)14-7-8-14)10-15-2-1-9-25-15/h1-6,9,14H,7-8,10-11H2,(H,20,24). The minimum atomic E-state index is -0.326. The number of anilines is 1. The van der Waals surface area contributed by atoms with Crippen LogP contribution in [0, 0.1) is 5.82 Å². The smallest absolute Gasteiger partial charge is 0.234 e. The average Bonchev–Trinajstić information content (AvgIpc) is 3.18. The Hall–Kier alpha value is -2.19. The summed E-state index contributed by atoms with van der Waals surface area (Å²) >= 11 is 3.10. The van der Waals surface area contributed by atoms with E-state index in [0.717, 1.165) is 30.2 Å². The number of carbonyl (C=O) groups excluding carboxylic acids is 1. The molecule has 1 amide bonds. The van der Waals surface area contributed by atoms with Crippen LogP contribution in [0.15, 0.2) is 46.9 Å². The fourth-order valence-electron chi connectivity index (χ4n) is 2.66. The van der Waals surface area contributed by atoms with Gasteiger partial charge in [-0.3, -0.25) is 4.79 Å². The Morgan fingerprint density at radius 3 is 2.77 bits per heavy atom. The van der Waals surface area contributed by atoms with Crippen LogP contribution in [0.1, 0.15) is 29.6 Å². The van der Waals surface area contributed by atoms with E-state index in [0.29, 0.717) is 11.7 Å². The summed E-state index contributed by atoms with van der Waals surface area (Å²) in [6, 6.07) is 10.3. The van der Waals surface area contributed by atoms with Crippen LogP contribution in [-0.4, -0.2) is 26.4 Å². The van der Waals surface area contributed by atoms with Crippen LogP contribution in [0.25, 0.3) is 0 Å². The van der Waals surface area contributed by atoms with Gasteiger partial charge >= 0.3 is 0 Å². The van der Waals surface area contributed by atoms with Crippen molar-refractivity contribution in [1.29, 1.82) is 0 Å². The summed E-state index contributed by atoms with van der Waals surface area (Å²) in [5.41, 5.74) is 0.582. The molecular formula is C18H17FN4OS2. The minimum absolute atomic E-state index is 0.147. The number of benzene rings is 1. The first kappa shape index (κ1) is 17.2. The molecule has 3 aromatic rings. The number of thiophene rings is 1. The molecule has 0 radical (unpaired) electrons. The van der Waals surface area contributed by atoms with Gasteiger partial charge in [0.15, 0.2) is 5.16 Å². The van der Waals surface area contributed by atoms with Gasteiger partial charge in [-0.1, -0.05) is 17.8 Å². The Bertz CT molecular complexity index is 889.